The summed E-state index contributed by atoms with van der Waals surface area (Å²) in [6.45, 7) is 3.16. The summed E-state index contributed by atoms with van der Waals surface area (Å²) in [5.41, 5.74) is 1.18. The minimum absolute atomic E-state index is 0.466. The Morgan fingerprint density at radius 3 is 3.00 bits per heavy atom. The van der Waals surface area contributed by atoms with Gasteiger partial charge in [-0.15, -0.1) is 22.7 Å². The molecule has 0 amide bonds. The molecule has 0 spiro atoms. The van der Waals surface area contributed by atoms with E-state index < -0.39 is 0 Å². The largest absolute Gasteiger partial charge is 0.314 e. The second kappa shape index (κ2) is 5.86. The second-order valence-corrected chi connectivity index (χ2v) is 6.47. The van der Waals surface area contributed by atoms with E-state index in [-0.39, 0.29) is 0 Å². The van der Waals surface area contributed by atoms with Crippen LogP contribution in [0.1, 0.15) is 17.5 Å². The van der Waals surface area contributed by atoms with Gasteiger partial charge in [0.05, 0.1) is 5.69 Å². The Morgan fingerprint density at radius 2 is 2.26 bits per heavy atom. The first-order chi connectivity index (χ1) is 9.35. The molecule has 5 heteroatoms. The van der Waals surface area contributed by atoms with Crippen molar-refractivity contribution in [1.29, 1.82) is 0 Å². The van der Waals surface area contributed by atoms with Crippen molar-refractivity contribution in [2.75, 3.05) is 6.54 Å². The third kappa shape index (κ3) is 3.05. The van der Waals surface area contributed by atoms with Gasteiger partial charge in [-0.25, -0.2) is 4.98 Å². The number of nitrogens with zero attached hydrogens (tertiary/aromatic N) is 2. The number of thiazole rings is 1. The number of nitrogens with one attached hydrogen (secondary N) is 1. The fourth-order valence-corrected chi connectivity index (χ4v) is 3.81. The lowest BCUT2D eigenvalue weighted by molar-refractivity contribution is 0.520. The number of likely N-dealkylation sites (N-methyl/N-ethyl adjacent to an activating group) is 1. The Morgan fingerprint density at radius 1 is 1.32 bits per heavy atom. The van der Waals surface area contributed by atoms with Gasteiger partial charge < -0.3 is 5.32 Å². The first-order valence-electron chi connectivity index (χ1n) is 6.52. The zero-order chi connectivity index (χ0) is 13.1. The molecular weight excluding hydrogens is 274 g/mol. The Bertz CT molecular complexity index is 596. The van der Waals surface area contributed by atoms with Crippen molar-refractivity contribution in [3.05, 3.63) is 45.9 Å². The zero-order valence-corrected chi connectivity index (χ0v) is 12.5. The highest BCUT2D eigenvalue weighted by Gasteiger charge is 2.12. The molecule has 3 aromatic heterocycles. The van der Waals surface area contributed by atoms with E-state index in [2.05, 4.69) is 56.9 Å². The van der Waals surface area contributed by atoms with Gasteiger partial charge in [0, 0.05) is 35.1 Å². The van der Waals surface area contributed by atoms with Gasteiger partial charge in [0.15, 0.2) is 4.96 Å². The lowest BCUT2D eigenvalue weighted by Crippen LogP contribution is -2.32. The Hall–Kier alpha value is -1.17. The molecule has 0 aliphatic carbocycles. The quantitative estimate of drug-likeness (QED) is 0.755. The summed E-state index contributed by atoms with van der Waals surface area (Å²) >= 11 is 3.52. The third-order valence-corrected chi connectivity index (χ3v) is 4.79. The van der Waals surface area contributed by atoms with Crippen molar-refractivity contribution in [2.45, 2.75) is 25.8 Å². The van der Waals surface area contributed by atoms with Gasteiger partial charge in [0.2, 0.25) is 0 Å². The predicted molar refractivity (Wildman–Crippen MR) is 82.3 cm³/mol. The molecule has 0 saturated heterocycles. The average Bonchev–Trinajstić information content (AvgIpc) is 3.05. The second-order valence-electron chi connectivity index (χ2n) is 4.57. The SMILES string of the molecule is CCNC(Cc1cn2ccsc2n1)Cc1cccs1. The summed E-state index contributed by atoms with van der Waals surface area (Å²) in [5, 5.41) is 7.78. The highest BCUT2D eigenvalue weighted by Crippen LogP contribution is 2.16. The molecule has 3 rings (SSSR count). The fourth-order valence-electron chi connectivity index (χ4n) is 2.30. The monoisotopic (exact) mass is 291 g/mol. The van der Waals surface area contributed by atoms with Gasteiger partial charge in [-0.05, 0) is 24.4 Å². The molecule has 1 N–H and O–H groups in total. The summed E-state index contributed by atoms with van der Waals surface area (Å²) in [5.74, 6) is 0. The molecule has 0 bridgehead atoms. The first-order valence-corrected chi connectivity index (χ1v) is 8.28. The molecule has 0 saturated carbocycles. The van der Waals surface area contributed by atoms with Crippen LogP contribution in [0.4, 0.5) is 0 Å². The van der Waals surface area contributed by atoms with E-state index in [4.69, 9.17) is 0 Å². The van der Waals surface area contributed by atoms with Gasteiger partial charge in [0.25, 0.3) is 0 Å². The van der Waals surface area contributed by atoms with Gasteiger partial charge >= 0.3 is 0 Å². The van der Waals surface area contributed by atoms with Crippen molar-refractivity contribution in [2.24, 2.45) is 0 Å². The molecule has 3 nitrogen and oxygen atoms in total. The van der Waals surface area contributed by atoms with Crippen LogP contribution in [-0.2, 0) is 12.8 Å². The summed E-state index contributed by atoms with van der Waals surface area (Å²) in [4.78, 5) is 7.19. The molecule has 3 heterocycles. The van der Waals surface area contributed by atoms with Gasteiger partial charge in [-0.3, -0.25) is 4.40 Å². The molecule has 19 heavy (non-hydrogen) atoms. The Balaban J connectivity index is 1.71. The van der Waals surface area contributed by atoms with E-state index in [0.717, 1.165) is 24.3 Å². The van der Waals surface area contributed by atoms with Crippen LogP contribution < -0.4 is 5.32 Å². The van der Waals surface area contributed by atoms with E-state index in [1.54, 1.807) is 11.3 Å². The third-order valence-electron chi connectivity index (χ3n) is 3.12. The van der Waals surface area contributed by atoms with Crippen LogP contribution in [0, 0.1) is 0 Å². The van der Waals surface area contributed by atoms with Crippen LogP contribution in [0.15, 0.2) is 35.3 Å². The van der Waals surface area contributed by atoms with E-state index in [0.29, 0.717) is 6.04 Å². The fraction of sp³-hybridized carbons (Fsp3) is 0.357. The Labute approximate surface area is 120 Å². The number of hydrogen-bond donors (Lipinski definition) is 1. The van der Waals surface area contributed by atoms with E-state index in [9.17, 15) is 0 Å². The van der Waals surface area contributed by atoms with Crippen molar-refractivity contribution < 1.29 is 0 Å². The van der Waals surface area contributed by atoms with E-state index in [1.807, 2.05) is 11.3 Å². The highest BCUT2D eigenvalue weighted by atomic mass is 32.1. The molecular formula is C14H17N3S2. The Kier molecular flexibility index (Phi) is 3.96. The minimum atomic E-state index is 0.466. The van der Waals surface area contributed by atoms with Crippen molar-refractivity contribution in [3.63, 3.8) is 0 Å². The number of imidazole rings is 1. The lowest BCUT2D eigenvalue weighted by Gasteiger charge is -2.15. The van der Waals surface area contributed by atoms with Crippen LogP contribution in [-0.4, -0.2) is 22.0 Å². The predicted octanol–water partition coefficient (Wildman–Crippen LogP) is 3.22. The topological polar surface area (TPSA) is 29.3 Å². The number of aromatic nitrogens is 2. The normalized spacial score (nSPS) is 13.1. The van der Waals surface area contributed by atoms with Crippen LogP contribution in [0.25, 0.3) is 4.96 Å². The standard InChI is InChI=1S/C14H17N3S2/c1-2-15-11(9-13-4-3-6-18-13)8-12-10-17-5-7-19-14(17)16-12/h3-7,10-11,15H,2,8-9H2,1H3. The molecule has 0 fully saturated rings. The molecule has 0 aliphatic rings. The maximum absolute atomic E-state index is 4.67. The van der Waals surface area contributed by atoms with E-state index >= 15 is 0 Å². The first kappa shape index (κ1) is 12.8. The summed E-state index contributed by atoms with van der Waals surface area (Å²) in [6.07, 6.45) is 6.28. The maximum Gasteiger partial charge on any atom is 0.193 e. The van der Waals surface area contributed by atoms with Crippen LogP contribution in [0.3, 0.4) is 0 Å². The maximum atomic E-state index is 4.67. The molecule has 0 radical (unpaired) electrons. The number of rotatable bonds is 6. The minimum Gasteiger partial charge on any atom is -0.314 e. The smallest absolute Gasteiger partial charge is 0.193 e. The molecule has 0 aromatic carbocycles. The summed E-state index contributed by atoms with van der Waals surface area (Å²) in [7, 11) is 0. The van der Waals surface area contributed by atoms with Crippen molar-refractivity contribution >= 4 is 27.6 Å². The average molecular weight is 291 g/mol. The summed E-state index contributed by atoms with van der Waals surface area (Å²) < 4.78 is 2.11. The lowest BCUT2D eigenvalue weighted by atomic mass is 10.1. The number of hydrogen-bond acceptors (Lipinski definition) is 4. The van der Waals surface area contributed by atoms with Gasteiger partial charge in [-0.1, -0.05) is 13.0 Å². The number of thiophene rings is 1. The number of fused-ring (bicyclic) bond motifs is 1. The van der Waals surface area contributed by atoms with E-state index in [1.165, 1.54) is 10.6 Å². The van der Waals surface area contributed by atoms with Crippen LogP contribution in [0.2, 0.25) is 0 Å². The van der Waals surface area contributed by atoms with Crippen molar-refractivity contribution in [3.8, 4) is 0 Å². The highest BCUT2D eigenvalue weighted by molar-refractivity contribution is 7.15. The summed E-state index contributed by atoms with van der Waals surface area (Å²) in [6, 6.07) is 4.80. The van der Waals surface area contributed by atoms with Crippen LogP contribution >= 0.6 is 22.7 Å². The van der Waals surface area contributed by atoms with Gasteiger partial charge in [-0.2, -0.15) is 0 Å². The molecule has 3 aromatic rings. The molecule has 1 unspecified atom stereocenters. The zero-order valence-electron chi connectivity index (χ0n) is 10.9. The molecule has 0 aliphatic heterocycles. The van der Waals surface area contributed by atoms with Crippen molar-refractivity contribution in [1.82, 2.24) is 14.7 Å². The van der Waals surface area contributed by atoms with Gasteiger partial charge in [0.1, 0.15) is 0 Å². The molecule has 1 atom stereocenters. The van der Waals surface area contributed by atoms with Crippen LogP contribution in [0.5, 0.6) is 0 Å². The molecule has 100 valence electrons.